The molecular weight excluding hydrogens is 278 g/mol. The summed E-state index contributed by atoms with van der Waals surface area (Å²) in [7, 11) is 0. The second kappa shape index (κ2) is 4.83. The molecule has 5 heteroatoms. The maximum atomic E-state index is 13.7. The third-order valence-corrected chi connectivity index (χ3v) is 3.68. The predicted molar refractivity (Wildman–Crippen MR) is 77.3 cm³/mol. The van der Waals surface area contributed by atoms with E-state index in [1.807, 2.05) is 25.1 Å². The molecule has 0 aliphatic carbocycles. The zero-order valence-corrected chi connectivity index (χ0v) is 11.6. The fraction of sp³-hybridized carbons (Fsp3) is 0.133. The topological polar surface area (TPSA) is 20.7 Å². The minimum absolute atomic E-state index is 0.200. The summed E-state index contributed by atoms with van der Waals surface area (Å²) < 4.78 is 29.3. The average Bonchev–Trinajstić information content (AvgIpc) is 2.73. The van der Waals surface area contributed by atoms with Crippen LogP contribution in [0.25, 0.3) is 11.0 Å². The molecule has 0 fully saturated rings. The lowest BCUT2D eigenvalue weighted by molar-refractivity contribution is 0.578. The van der Waals surface area contributed by atoms with Gasteiger partial charge in [-0.05, 0) is 49.0 Å². The van der Waals surface area contributed by atoms with Crippen molar-refractivity contribution in [2.45, 2.75) is 13.5 Å². The molecule has 0 saturated heterocycles. The van der Waals surface area contributed by atoms with Gasteiger partial charge in [0.2, 0.25) is 0 Å². The van der Waals surface area contributed by atoms with Crippen LogP contribution in [0, 0.1) is 23.3 Å². The summed E-state index contributed by atoms with van der Waals surface area (Å²) in [5, 5.41) is 0. The molecule has 2 nitrogen and oxygen atoms in total. The van der Waals surface area contributed by atoms with Crippen LogP contribution in [0.4, 0.5) is 8.78 Å². The van der Waals surface area contributed by atoms with Gasteiger partial charge in [0.15, 0.2) is 4.77 Å². The molecule has 0 aliphatic rings. The number of fused-ring (bicyclic) bond motifs is 1. The number of benzene rings is 2. The van der Waals surface area contributed by atoms with Gasteiger partial charge in [-0.2, -0.15) is 0 Å². The van der Waals surface area contributed by atoms with Gasteiger partial charge in [0, 0.05) is 5.56 Å². The van der Waals surface area contributed by atoms with E-state index in [0.29, 0.717) is 4.77 Å². The van der Waals surface area contributed by atoms with E-state index in [0.717, 1.165) is 28.7 Å². The Kier molecular flexibility index (Phi) is 3.14. The van der Waals surface area contributed by atoms with Crippen LogP contribution in [0.1, 0.15) is 11.1 Å². The Bertz CT molecular complexity index is 849. The first-order chi connectivity index (χ1) is 9.56. The van der Waals surface area contributed by atoms with Gasteiger partial charge < -0.3 is 9.55 Å². The number of aromatic amines is 1. The van der Waals surface area contributed by atoms with Crippen LogP contribution >= 0.6 is 12.2 Å². The number of halogens is 2. The van der Waals surface area contributed by atoms with E-state index in [9.17, 15) is 8.78 Å². The second-order valence-electron chi connectivity index (χ2n) is 4.72. The minimum atomic E-state index is -0.455. The fourth-order valence-corrected chi connectivity index (χ4v) is 2.58. The molecule has 0 saturated carbocycles. The van der Waals surface area contributed by atoms with Crippen molar-refractivity contribution in [2.75, 3.05) is 0 Å². The highest BCUT2D eigenvalue weighted by Crippen LogP contribution is 2.20. The first kappa shape index (κ1) is 13.0. The molecule has 0 unspecified atom stereocenters. The number of nitrogens with zero attached hydrogens (tertiary/aromatic N) is 1. The van der Waals surface area contributed by atoms with E-state index in [-0.39, 0.29) is 12.1 Å². The van der Waals surface area contributed by atoms with Crippen LogP contribution in [0.5, 0.6) is 0 Å². The number of nitrogens with one attached hydrogen (secondary N) is 1. The van der Waals surface area contributed by atoms with Crippen molar-refractivity contribution in [3.8, 4) is 0 Å². The molecule has 0 aliphatic heterocycles. The van der Waals surface area contributed by atoms with Gasteiger partial charge in [0.1, 0.15) is 11.6 Å². The zero-order valence-electron chi connectivity index (χ0n) is 10.8. The van der Waals surface area contributed by atoms with Crippen LogP contribution in [0.2, 0.25) is 0 Å². The lowest BCUT2D eigenvalue weighted by atomic mass is 10.2. The summed E-state index contributed by atoms with van der Waals surface area (Å²) in [6.07, 6.45) is 0. The van der Waals surface area contributed by atoms with Crippen molar-refractivity contribution in [3.05, 3.63) is 63.9 Å². The van der Waals surface area contributed by atoms with Crippen molar-refractivity contribution in [3.63, 3.8) is 0 Å². The van der Waals surface area contributed by atoms with Crippen molar-refractivity contribution in [1.29, 1.82) is 0 Å². The number of aromatic nitrogens is 2. The molecule has 3 rings (SSSR count). The summed E-state index contributed by atoms with van der Waals surface area (Å²) in [6.45, 7) is 2.17. The average molecular weight is 290 g/mol. The van der Waals surface area contributed by atoms with Crippen molar-refractivity contribution < 1.29 is 8.78 Å². The minimum Gasteiger partial charge on any atom is -0.330 e. The number of hydrogen-bond donors (Lipinski definition) is 1. The van der Waals surface area contributed by atoms with Crippen molar-refractivity contribution in [1.82, 2.24) is 9.55 Å². The lowest BCUT2D eigenvalue weighted by Crippen LogP contribution is -2.02. The molecule has 0 amide bonds. The van der Waals surface area contributed by atoms with Gasteiger partial charge in [0.25, 0.3) is 0 Å². The molecule has 0 radical (unpaired) electrons. The molecule has 3 aromatic rings. The zero-order chi connectivity index (χ0) is 14.3. The Hall–Kier alpha value is -2.01. The highest BCUT2D eigenvalue weighted by Gasteiger charge is 2.10. The van der Waals surface area contributed by atoms with Gasteiger partial charge in [-0.15, -0.1) is 0 Å². The highest BCUT2D eigenvalue weighted by molar-refractivity contribution is 7.71. The second-order valence-corrected chi connectivity index (χ2v) is 5.11. The molecule has 2 aromatic carbocycles. The van der Waals surface area contributed by atoms with Crippen LogP contribution in [-0.4, -0.2) is 9.55 Å². The van der Waals surface area contributed by atoms with Crippen LogP contribution < -0.4 is 0 Å². The predicted octanol–water partition coefficient (Wildman–Crippen LogP) is 4.33. The maximum Gasteiger partial charge on any atom is 0.178 e. The quantitative estimate of drug-likeness (QED) is 0.697. The Labute approximate surface area is 119 Å². The smallest absolute Gasteiger partial charge is 0.178 e. The van der Waals surface area contributed by atoms with E-state index in [1.54, 1.807) is 4.57 Å². The largest absolute Gasteiger partial charge is 0.330 e. The van der Waals surface area contributed by atoms with Gasteiger partial charge in [-0.25, -0.2) is 8.78 Å². The van der Waals surface area contributed by atoms with E-state index in [1.165, 1.54) is 6.07 Å². The third kappa shape index (κ3) is 2.14. The van der Waals surface area contributed by atoms with Crippen LogP contribution in [0.15, 0.2) is 36.4 Å². The Morgan fingerprint density at radius 2 is 2.00 bits per heavy atom. The summed E-state index contributed by atoms with van der Waals surface area (Å²) >= 11 is 5.28. The molecular formula is C15H12F2N2S. The maximum absolute atomic E-state index is 13.7. The standard InChI is InChI=1S/C15H12F2N2S/c1-9-3-2-4-13-14(9)18-15(20)19(13)8-10-7-11(16)5-6-12(10)17/h2-7H,8H2,1H3,(H,18,20). The monoisotopic (exact) mass is 290 g/mol. The van der Waals surface area contributed by atoms with Crippen LogP contribution in [0.3, 0.4) is 0 Å². The molecule has 0 spiro atoms. The normalized spacial score (nSPS) is 11.2. The van der Waals surface area contributed by atoms with E-state index in [2.05, 4.69) is 4.98 Å². The van der Waals surface area contributed by atoms with E-state index in [4.69, 9.17) is 12.2 Å². The first-order valence-corrected chi connectivity index (χ1v) is 6.59. The van der Waals surface area contributed by atoms with Gasteiger partial charge >= 0.3 is 0 Å². The Morgan fingerprint density at radius 3 is 2.80 bits per heavy atom. The van der Waals surface area contributed by atoms with Gasteiger partial charge in [-0.1, -0.05) is 12.1 Å². The third-order valence-electron chi connectivity index (χ3n) is 3.35. The van der Waals surface area contributed by atoms with Gasteiger partial charge in [0.05, 0.1) is 17.6 Å². The number of imidazole rings is 1. The summed E-state index contributed by atoms with van der Waals surface area (Å²) in [6, 6.07) is 9.24. The van der Waals surface area contributed by atoms with Crippen LogP contribution in [-0.2, 0) is 6.54 Å². The first-order valence-electron chi connectivity index (χ1n) is 6.18. The fourth-order valence-electron chi connectivity index (χ4n) is 2.32. The summed E-state index contributed by atoms with van der Waals surface area (Å²) in [5.41, 5.74) is 3.16. The Morgan fingerprint density at radius 1 is 1.20 bits per heavy atom. The highest BCUT2D eigenvalue weighted by atomic mass is 32.1. The van der Waals surface area contributed by atoms with E-state index >= 15 is 0 Å². The molecule has 1 N–H and O–H groups in total. The molecule has 1 heterocycles. The van der Waals surface area contributed by atoms with Crippen molar-refractivity contribution >= 4 is 23.3 Å². The molecule has 102 valence electrons. The number of H-pyrrole nitrogens is 1. The number of hydrogen-bond acceptors (Lipinski definition) is 1. The van der Waals surface area contributed by atoms with E-state index < -0.39 is 11.6 Å². The lowest BCUT2D eigenvalue weighted by Gasteiger charge is -2.06. The molecule has 1 aromatic heterocycles. The van der Waals surface area contributed by atoms with Crippen molar-refractivity contribution in [2.24, 2.45) is 0 Å². The number of para-hydroxylation sites is 1. The number of aryl methyl sites for hydroxylation is 1. The summed E-state index contributed by atoms with van der Waals surface area (Å²) in [5.74, 6) is -0.890. The SMILES string of the molecule is Cc1cccc2c1[nH]c(=S)n2Cc1cc(F)ccc1F. The number of rotatable bonds is 2. The molecule has 20 heavy (non-hydrogen) atoms. The molecule has 0 bridgehead atoms. The summed E-state index contributed by atoms with van der Waals surface area (Å²) in [4.78, 5) is 3.11. The molecule has 0 atom stereocenters. The van der Waals surface area contributed by atoms with Gasteiger partial charge in [-0.3, -0.25) is 0 Å². The Balaban J connectivity index is 2.16.